The fourth-order valence-corrected chi connectivity index (χ4v) is 1.80. The molecule has 7 heteroatoms. The number of hydrazine groups is 1. The number of likely N-dealkylation sites (N-methyl/N-ethyl adjacent to an activating group) is 1. The van der Waals surface area contributed by atoms with Crippen molar-refractivity contribution in [2.45, 2.75) is 26.4 Å². The van der Waals surface area contributed by atoms with Gasteiger partial charge < -0.3 is 15.4 Å². The monoisotopic (exact) mass is 286 g/mol. The number of nitrogens with zero attached hydrogens (tertiary/aromatic N) is 2. The maximum absolute atomic E-state index is 12.3. The molecule has 0 aromatic carbocycles. The number of anilines is 1. The third-order valence-corrected chi connectivity index (χ3v) is 2.75. The predicted molar refractivity (Wildman–Crippen MR) is 74.9 cm³/mol. The number of nitrogen functional groups attached to an aromatic ring is 1. The summed E-state index contributed by atoms with van der Waals surface area (Å²) in [5, 5.41) is 10.1. The first-order chi connectivity index (χ1) is 8.78. The van der Waals surface area contributed by atoms with Gasteiger partial charge in [0, 0.05) is 13.1 Å². The van der Waals surface area contributed by atoms with Crippen molar-refractivity contribution in [3.63, 3.8) is 0 Å². The molecular weight excluding hydrogens is 268 g/mol. The normalized spacial score (nSPS) is 11.3. The van der Waals surface area contributed by atoms with Crippen molar-refractivity contribution in [2.75, 3.05) is 18.5 Å². The fraction of sp³-hybridized carbons (Fsp3) is 0.500. The van der Waals surface area contributed by atoms with Crippen molar-refractivity contribution in [1.82, 2.24) is 9.88 Å². The van der Waals surface area contributed by atoms with Crippen LogP contribution in [0.15, 0.2) is 12.1 Å². The molecule has 1 rings (SSSR count). The number of pyridine rings is 1. The summed E-state index contributed by atoms with van der Waals surface area (Å²) in [7, 11) is 0. The second kappa shape index (κ2) is 6.18. The Morgan fingerprint density at radius 3 is 2.68 bits per heavy atom. The van der Waals surface area contributed by atoms with Gasteiger partial charge in [0.2, 0.25) is 0 Å². The van der Waals surface area contributed by atoms with Crippen LogP contribution >= 0.6 is 11.6 Å². The number of halogens is 1. The molecule has 0 atom stereocenters. The van der Waals surface area contributed by atoms with Crippen molar-refractivity contribution < 1.29 is 9.90 Å². The van der Waals surface area contributed by atoms with Gasteiger partial charge in [-0.25, -0.2) is 10.8 Å². The number of nitrogens with two attached hydrogens (primary N) is 1. The Kier molecular flexibility index (Phi) is 5.11. The number of hydrogen-bond donors (Lipinski definition) is 3. The summed E-state index contributed by atoms with van der Waals surface area (Å²) >= 11 is 5.98. The summed E-state index contributed by atoms with van der Waals surface area (Å²) in [5.74, 6) is 5.27. The number of amides is 1. The van der Waals surface area contributed by atoms with Gasteiger partial charge in [-0.05, 0) is 32.9 Å². The summed E-state index contributed by atoms with van der Waals surface area (Å²) in [6.45, 7) is 5.73. The molecule has 0 bridgehead atoms. The Morgan fingerprint density at radius 2 is 2.21 bits per heavy atom. The summed E-state index contributed by atoms with van der Waals surface area (Å²) in [6.07, 6.45) is 0. The highest BCUT2D eigenvalue weighted by Gasteiger charge is 2.24. The van der Waals surface area contributed by atoms with Crippen LogP contribution in [0.25, 0.3) is 0 Å². The van der Waals surface area contributed by atoms with E-state index in [-0.39, 0.29) is 23.2 Å². The molecule has 0 radical (unpaired) electrons. The minimum atomic E-state index is -0.984. The van der Waals surface area contributed by atoms with Gasteiger partial charge in [-0.15, -0.1) is 0 Å². The Bertz CT molecular complexity index is 460. The van der Waals surface area contributed by atoms with Crippen LogP contribution in [0.2, 0.25) is 5.02 Å². The van der Waals surface area contributed by atoms with Crippen molar-refractivity contribution in [3.8, 4) is 0 Å². The van der Waals surface area contributed by atoms with E-state index in [1.54, 1.807) is 26.0 Å². The van der Waals surface area contributed by atoms with Gasteiger partial charge in [-0.1, -0.05) is 11.6 Å². The standard InChI is InChI=1S/C12H19ClN4O2/c1-4-17(7-12(2,3)19)11(18)10-8(13)5-6-9(15-10)16-14/h5-6,19H,4,7,14H2,1-3H3,(H,15,16). The summed E-state index contributed by atoms with van der Waals surface area (Å²) in [5.41, 5.74) is 1.49. The SMILES string of the molecule is CCN(CC(C)(C)O)C(=O)c1nc(NN)ccc1Cl. The Balaban J connectivity index is 3.03. The van der Waals surface area contributed by atoms with E-state index < -0.39 is 5.60 Å². The number of aromatic nitrogens is 1. The van der Waals surface area contributed by atoms with Gasteiger partial charge in [0.25, 0.3) is 5.91 Å². The zero-order valence-corrected chi connectivity index (χ0v) is 12.0. The number of aliphatic hydroxyl groups is 1. The number of nitrogens with one attached hydrogen (secondary N) is 1. The molecule has 0 saturated carbocycles. The van der Waals surface area contributed by atoms with E-state index in [0.29, 0.717) is 12.4 Å². The van der Waals surface area contributed by atoms with E-state index in [1.165, 1.54) is 4.90 Å². The number of carbonyl (C=O) groups is 1. The molecule has 0 unspecified atom stereocenters. The molecule has 1 aromatic heterocycles. The lowest BCUT2D eigenvalue weighted by Crippen LogP contribution is -2.42. The van der Waals surface area contributed by atoms with Crippen LogP contribution in [0, 0.1) is 0 Å². The van der Waals surface area contributed by atoms with Crippen molar-refractivity contribution in [2.24, 2.45) is 5.84 Å². The van der Waals surface area contributed by atoms with Crippen molar-refractivity contribution >= 4 is 23.3 Å². The third kappa shape index (κ3) is 4.34. The van der Waals surface area contributed by atoms with Crippen LogP contribution in [0.3, 0.4) is 0 Å². The van der Waals surface area contributed by atoms with E-state index >= 15 is 0 Å². The topological polar surface area (TPSA) is 91.5 Å². The van der Waals surface area contributed by atoms with E-state index in [1.807, 2.05) is 6.92 Å². The lowest BCUT2D eigenvalue weighted by molar-refractivity contribution is 0.0312. The molecule has 4 N–H and O–H groups in total. The smallest absolute Gasteiger partial charge is 0.274 e. The molecule has 0 aliphatic heterocycles. The lowest BCUT2D eigenvalue weighted by Gasteiger charge is -2.28. The molecule has 6 nitrogen and oxygen atoms in total. The van der Waals surface area contributed by atoms with Crippen LogP contribution in [0.4, 0.5) is 5.82 Å². The zero-order valence-electron chi connectivity index (χ0n) is 11.3. The van der Waals surface area contributed by atoms with Crippen molar-refractivity contribution in [1.29, 1.82) is 0 Å². The minimum Gasteiger partial charge on any atom is -0.389 e. The molecule has 0 fully saturated rings. The predicted octanol–water partition coefficient (Wildman–Crippen LogP) is 1.25. The molecule has 0 aliphatic carbocycles. The molecule has 1 aromatic rings. The van der Waals surface area contributed by atoms with E-state index in [4.69, 9.17) is 17.4 Å². The highest BCUT2D eigenvalue weighted by molar-refractivity contribution is 6.33. The van der Waals surface area contributed by atoms with E-state index in [9.17, 15) is 9.90 Å². The van der Waals surface area contributed by atoms with Gasteiger partial charge in [0.05, 0.1) is 10.6 Å². The summed E-state index contributed by atoms with van der Waals surface area (Å²) in [6, 6.07) is 3.13. The number of rotatable bonds is 5. The van der Waals surface area contributed by atoms with Gasteiger partial charge >= 0.3 is 0 Å². The van der Waals surface area contributed by atoms with Crippen LogP contribution < -0.4 is 11.3 Å². The molecule has 106 valence electrons. The quantitative estimate of drug-likeness (QED) is 0.560. The fourth-order valence-electron chi connectivity index (χ4n) is 1.62. The first kappa shape index (κ1) is 15.7. The summed E-state index contributed by atoms with van der Waals surface area (Å²) in [4.78, 5) is 17.9. The number of hydrogen-bond acceptors (Lipinski definition) is 5. The van der Waals surface area contributed by atoms with Gasteiger partial charge in [-0.2, -0.15) is 0 Å². The highest BCUT2D eigenvalue weighted by atomic mass is 35.5. The molecule has 0 spiro atoms. The third-order valence-electron chi connectivity index (χ3n) is 2.44. The zero-order chi connectivity index (χ0) is 14.6. The average Bonchev–Trinajstić information content (AvgIpc) is 2.34. The van der Waals surface area contributed by atoms with E-state index in [2.05, 4.69) is 10.4 Å². The maximum atomic E-state index is 12.3. The maximum Gasteiger partial charge on any atom is 0.274 e. The van der Waals surface area contributed by atoms with E-state index in [0.717, 1.165) is 0 Å². The molecule has 0 aliphatic rings. The highest BCUT2D eigenvalue weighted by Crippen LogP contribution is 2.19. The van der Waals surface area contributed by atoms with Crippen LogP contribution in [0.1, 0.15) is 31.3 Å². The first-order valence-electron chi connectivity index (χ1n) is 5.93. The largest absolute Gasteiger partial charge is 0.389 e. The van der Waals surface area contributed by atoms with Crippen LogP contribution in [0.5, 0.6) is 0 Å². The molecule has 1 heterocycles. The van der Waals surface area contributed by atoms with Gasteiger partial charge in [-0.3, -0.25) is 4.79 Å². The Hall–Kier alpha value is -1.37. The number of carbonyl (C=O) groups excluding carboxylic acids is 1. The first-order valence-corrected chi connectivity index (χ1v) is 6.31. The van der Waals surface area contributed by atoms with Gasteiger partial charge in [0.1, 0.15) is 11.5 Å². The Labute approximate surface area is 117 Å². The second-order valence-electron chi connectivity index (χ2n) is 4.80. The lowest BCUT2D eigenvalue weighted by atomic mass is 10.1. The molecular formula is C12H19ClN4O2. The second-order valence-corrected chi connectivity index (χ2v) is 5.21. The molecule has 19 heavy (non-hydrogen) atoms. The summed E-state index contributed by atoms with van der Waals surface area (Å²) < 4.78 is 0. The minimum absolute atomic E-state index is 0.114. The van der Waals surface area contributed by atoms with Gasteiger partial charge in [0.15, 0.2) is 0 Å². The van der Waals surface area contributed by atoms with Crippen LogP contribution in [-0.2, 0) is 0 Å². The molecule has 1 amide bonds. The molecule has 0 saturated heterocycles. The Morgan fingerprint density at radius 1 is 1.58 bits per heavy atom. The van der Waals surface area contributed by atoms with Crippen LogP contribution in [-0.4, -0.2) is 39.6 Å². The van der Waals surface area contributed by atoms with Crippen molar-refractivity contribution in [3.05, 3.63) is 22.8 Å². The average molecular weight is 287 g/mol.